The third-order valence-corrected chi connectivity index (χ3v) is 3.21. The molecule has 3 nitrogen and oxygen atoms in total. The quantitative estimate of drug-likeness (QED) is 0.909. The first kappa shape index (κ1) is 13.4. The van der Waals surface area contributed by atoms with E-state index in [9.17, 15) is 13.2 Å². The summed E-state index contributed by atoms with van der Waals surface area (Å²) in [7, 11) is 0. The highest BCUT2D eigenvalue weighted by atomic mass is 19.4. The highest BCUT2D eigenvalue weighted by molar-refractivity contribution is 5.15. The minimum atomic E-state index is -4.61. The largest absolute Gasteiger partial charge is 0.418 e. The van der Waals surface area contributed by atoms with E-state index in [0.717, 1.165) is 12.8 Å². The van der Waals surface area contributed by atoms with Crippen molar-refractivity contribution in [1.82, 2.24) is 4.57 Å². The summed E-state index contributed by atoms with van der Waals surface area (Å²) in [6.07, 6.45) is -2.20. The van der Waals surface area contributed by atoms with Gasteiger partial charge >= 0.3 is 6.18 Å². The van der Waals surface area contributed by atoms with Gasteiger partial charge in [0.05, 0.1) is 0 Å². The van der Waals surface area contributed by atoms with Gasteiger partial charge in [0.2, 0.25) is 0 Å². The SMILES string of the molecule is OC(c1ccn(CC2CCOCC2)c1)C(F)(F)F. The van der Waals surface area contributed by atoms with Crippen LogP contribution in [0.2, 0.25) is 0 Å². The van der Waals surface area contributed by atoms with Gasteiger partial charge in [-0.2, -0.15) is 13.2 Å². The number of ether oxygens (including phenoxy) is 1. The molecule has 0 radical (unpaired) electrons. The number of rotatable bonds is 3. The fourth-order valence-electron chi connectivity index (χ4n) is 2.15. The van der Waals surface area contributed by atoms with Crippen LogP contribution in [-0.4, -0.2) is 29.1 Å². The molecular formula is C12H16F3NO2. The molecule has 1 fully saturated rings. The van der Waals surface area contributed by atoms with Gasteiger partial charge in [0.1, 0.15) is 0 Å². The lowest BCUT2D eigenvalue weighted by Crippen LogP contribution is -2.21. The van der Waals surface area contributed by atoms with Gasteiger partial charge in [-0.1, -0.05) is 0 Å². The number of aliphatic hydroxyl groups excluding tert-OH is 1. The summed E-state index contributed by atoms with van der Waals surface area (Å²) < 4.78 is 43.9. The Morgan fingerprint density at radius 2 is 2.06 bits per heavy atom. The minimum absolute atomic E-state index is 0.102. The molecule has 0 saturated carbocycles. The van der Waals surface area contributed by atoms with Crippen LogP contribution < -0.4 is 0 Å². The van der Waals surface area contributed by atoms with E-state index in [2.05, 4.69) is 0 Å². The standard InChI is InChI=1S/C12H16F3NO2/c13-12(14,15)11(17)10-1-4-16(8-10)7-9-2-5-18-6-3-9/h1,4,8-9,11,17H,2-3,5-7H2. The van der Waals surface area contributed by atoms with Crippen LogP contribution in [0.15, 0.2) is 18.5 Å². The molecule has 18 heavy (non-hydrogen) atoms. The third-order valence-electron chi connectivity index (χ3n) is 3.21. The molecular weight excluding hydrogens is 247 g/mol. The number of hydrogen-bond acceptors (Lipinski definition) is 2. The molecule has 1 N–H and O–H groups in total. The zero-order valence-corrected chi connectivity index (χ0v) is 9.86. The third kappa shape index (κ3) is 3.26. The van der Waals surface area contributed by atoms with Crippen molar-refractivity contribution in [1.29, 1.82) is 0 Å². The molecule has 0 bridgehead atoms. The van der Waals surface area contributed by atoms with E-state index in [4.69, 9.17) is 9.84 Å². The first-order valence-corrected chi connectivity index (χ1v) is 5.95. The van der Waals surface area contributed by atoms with Gasteiger partial charge in [0.15, 0.2) is 6.10 Å². The van der Waals surface area contributed by atoms with Crippen LogP contribution in [0, 0.1) is 5.92 Å². The maximum atomic E-state index is 12.3. The lowest BCUT2D eigenvalue weighted by molar-refractivity contribution is -0.206. The van der Waals surface area contributed by atoms with Crippen molar-refractivity contribution in [2.24, 2.45) is 5.92 Å². The second kappa shape index (κ2) is 5.32. The number of nitrogens with zero attached hydrogens (tertiary/aromatic N) is 1. The molecule has 1 unspecified atom stereocenters. The predicted molar refractivity (Wildman–Crippen MR) is 59.0 cm³/mol. The molecule has 0 spiro atoms. The summed E-state index contributed by atoms with van der Waals surface area (Å²) >= 11 is 0. The smallest absolute Gasteiger partial charge is 0.381 e. The van der Waals surface area contributed by atoms with Gasteiger partial charge in [-0.3, -0.25) is 0 Å². The summed E-state index contributed by atoms with van der Waals surface area (Å²) in [4.78, 5) is 0. The van der Waals surface area contributed by atoms with Crippen molar-refractivity contribution in [2.45, 2.75) is 31.7 Å². The molecule has 1 aliphatic rings. The van der Waals surface area contributed by atoms with Crippen LogP contribution in [-0.2, 0) is 11.3 Å². The Hall–Kier alpha value is -1.01. The number of halogens is 3. The lowest BCUT2D eigenvalue weighted by atomic mass is 10.0. The van der Waals surface area contributed by atoms with Crippen LogP contribution in [0.1, 0.15) is 24.5 Å². The molecule has 1 atom stereocenters. The Bertz CT molecular complexity index is 383. The van der Waals surface area contributed by atoms with Crippen LogP contribution >= 0.6 is 0 Å². The Balaban J connectivity index is 1.97. The fourth-order valence-corrected chi connectivity index (χ4v) is 2.15. The molecule has 6 heteroatoms. The van der Waals surface area contributed by atoms with E-state index in [1.807, 2.05) is 0 Å². The molecule has 1 aromatic heterocycles. The van der Waals surface area contributed by atoms with Gasteiger partial charge in [0.25, 0.3) is 0 Å². The van der Waals surface area contributed by atoms with Crippen molar-refractivity contribution < 1.29 is 23.0 Å². The van der Waals surface area contributed by atoms with Gasteiger partial charge in [-0.15, -0.1) is 0 Å². The lowest BCUT2D eigenvalue weighted by Gasteiger charge is -2.22. The second-order valence-corrected chi connectivity index (χ2v) is 4.64. The monoisotopic (exact) mass is 263 g/mol. The van der Waals surface area contributed by atoms with Crippen LogP contribution in [0.3, 0.4) is 0 Å². The molecule has 1 aromatic rings. The Morgan fingerprint density at radius 3 is 2.67 bits per heavy atom. The van der Waals surface area contributed by atoms with E-state index in [1.165, 1.54) is 12.3 Å². The molecule has 0 aromatic carbocycles. The van der Waals surface area contributed by atoms with Crippen LogP contribution in [0.25, 0.3) is 0 Å². The van der Waals surface area contributed by atoms with E-state index in [0.29, 0.717) is 25.7 Å². The van der Waals surface area contributed by atoms with Gasteiger partial charge in [-0.05, 0) is 24.8 Å². The molecule has 0 aliphatic carbocycles. The number of aromatic nitrogens is 1. The zero-order valence-electron chi connectivity index (χ0n) is 9.86. The van der Waals surface area contributed by atoms with Crippen molar-refractivity contribution in [2.75, 3.05) is 13.2 Å². The summed E-state index contributed by atoms with van der Waals surface area (Å²) in [6, 6.07) is 1.32. The highest BCUT2D eigenvalue weighted by Gasteiger charge is 2.39. The van der Waals surface area contributed by atoms with Gasteiger partial charge < -0.3 is 14.4 Å². The highest BCUT2D eigenvalue weighted by Crippen LogP contribution is 2.32. The van der Waals surface area contributed by atoms with E-state index >= 15 is 0 Å². The molecule has 2 heterocycles. The number of hydrogen-bond donors (Lipinski definition) is 1. The van der Waals surface area contributed by atoms with E-state index in [-0.39, 0.29) is 5.56 Å². The summed E-state index contributed by atoms with van der Waals surface area (Å²) in [5, 5.41) is 9.12. The first-order valence-electron chi connectivity index (χ1n) is 5.95. The average molecular weight is 263 g/mol. The van der Waals surface area contributed by atoms with Crippen molar-refractivity contribution in [3.63, 3.8) is 0 Å². The number of alkyl halides is 3. The Kier molecular flexibility index (Phi) is 3.97. The number of aliphatic hydroxyl groups is 1. The van der Waals surface area contributed by atoms with Gasteiger partial charge in [-0.25, -0.2) is 0 Å². The summed E-state index contributed by atoms with van der Waals surface area (Å²) in [5.74, 6) is 0.432. The molecule has 2 rings (SSSR count). The fraction of sp³-hybridized carbons (Fsp3) is 0.667. The second-order valence-electron chi connectivity index (χ2n) is 4.64. The van der Waals surface area contributed by atoms with Crippen molar-refractivity contribution in [3.8, 4) is 0 Å². The van der Waals surface area contributed by atoms with E-state index < -0.39 is 12.3 Å². The Morgan fingerprint density at radius 1 is 1.39 bits per heavy atom. The van der Waals surface area contributed by atoms with Crippen molar-refractivity contribution in [3.05, 3.63) is 24.0 Å². The topological polar surface area (TPSA) is 34.4 Å². The van der Waals surface area contributed by atoms with Gasteiger partial charge in [0, 0.05) is 37.7 Å². The molecule has 0 amide bonds. The molecule has 102 valence electrons. The average Bonchev–Trinajstić information content (AvgIpc) is 2.76. The van der Waals surface area contributed by atoms with E-state index in [1.54, 1.807) is 10.8 Å². The van der Waals surface area contributed by atoms with Crippen molar-refractivity contribution >= 4 is 0 Å². The minimum Gasteiger partial charge on any atom is -0.381 e. The molecule has 1 aliphatic heterocycles. The van der Waals surface area contributed by atoms with Crippen LogP contribution in [0.4, 0.5) is 13.2 Å². The summed E-state index contributed by atoms with van der Waals surface area (Å²) in [5.41, 5.74) is -0.102. The normalized spacial score (nSPS) is 20.0. The molecule has 1 saturated heterocycles. The Labute approximate surface area is 103 Å². The maximum absolute atomic E-state index is 12.3. The zero-order chi connectivity index (χ0) is 13.2. The summed E-state index contributed by atoms with van der Waals surface area (Å²) in [6.45, 7) is 2.10. The predicted octanol–water partition coefficient (Wildman–Crippen LogP) is 2.51. The van der Waals surface area contributed by atoms with Crippen LogP contribution in [0.5, 0.6) is 0 Å². The first-order chi connectivity index (χ1) is 8.47. The maximum Gasteiger partial charge on any atom is 0.418 e.